The van der Waals surface area contributed by atoms with Gasteiger partial charge in [-0.25, -0.2) is 28.0 Å². The fraction of sp³-hybridized carbons (Fsp3) is 0.479. The zero-order valence-corrected chi connectivity index (χ0v) is 42.8. The molecule has 69 heavy (non-hydrogen) atoms. The average Bonchev–Trinajstić information content (AvgIpc) is 3.92. The molecular formula is C48H63N8O10PS2. The molecule has 372 valence electrons. The molecule has 4 heterocycles. The number of carbonyl (C=O) groups is 1. The molecule has 2 unspecified atom stereocenters. The van der Waals surface area contributed by atoms with E-state index in [4.69, 9.17) is 55.7 Å². The van der Waals surface area contributed by atoms with Crippen molar-refractivity contribution in [3.63, 3.8) is 0 Å². The number of thiocarbonyl (C=S) groups is 1. The topological polar surface area (TPSA) is 204 Å². The Hall–Kier alpha value is -4.89. The quantitative estimate of drug-likeness (QED) is 0.0489. The van der Waals surface area contributed by atoms with Gasteiger partial charge in [-0.3, -0.25) is 9.36 Å². The van der Waals surface area contributed by atoms with Gasteiger partial charge in [0.25, 0.3) is 13.7 Å². The van der Waals surface area contributed by atoms with Gasteiger partial charge in [-0.15, -0.1) is 0 Å². The van der Waals surface area contributed by atoms with E-state index in [9.17, 15) is 13.2 Å². The van der Waals surface area contributed by atoms with Gasteiger partial charge in [0.1, 0.15) is 35.6 Å². The first kappa shape index (κ1) is 51.9. The molecule has 0 bridgehead atoms. The van der Waals surface area contributed by atoms with Crippen molar-refractivity contribution in [2.24, 2.45) is 11.7 Å². The third kappa shape index (κ3) is 11.7. The Kier molecular flexibility index (Phi) is 17.2. The first-order chi connectivity index (χ1) is 33.1. The molecule has 2 aliphatic rings. The molecule has 2 fully saturated rings. The van der Waals surface area contributed by atoms with Crippen molar-refractivity contribution >= 4 is 58.6 Å². The van der Waals surface area contributed by atoms with Crippen molar-refractivity contribution in [2.45, 2.75) is 83.8 Å². The number of benzene rings is 3. The lowest BCUT2D eigenvalue weighted by Crippen LogP contribution is -2.48. The Morgan fingerprint density at radius 1 is 0.884 bits per heavy atom. The molecule has 1 amide bonds. The predicted molar refractivity (Wildman–Crippen MR) is 268 cm³/mol. The van der Waals surface area contributed by atoms with E-state index in [0.29, 0.717) is 22.7 Å². The third-order valence-electron chi connectivity index (χ3n) is 11.9. The van der Waals surface area contributed by atoms with Crippen LogP contribution in [0.15, 0.2) is 91.5 Å². The highest BCUT2D eigenvalue weighted by molar-refractivity contribution is 7.91. The lowest BCUT2D eigenvalue weighted by molar-refractivity contribution is -0.118. The van der Waals surface area contributed by atoms with Crippen molar-refractivity contribution in [3.8, 4) is 11.5 Å². The number of rotatable bonds is 20. The van der Waals surface area contributed by atoms with Crippen LogP contribution in [0.25, 0.3) is 11.2 Å². The predicted octanol–water partition coefficient (Wildman–Crippen LogP) is 6.45. The maximum Gasteiger partial charge on any atom is 0.259 e. The second kappa shape index (κ2) is 22.9. The van der Waals surface area contributed by atoms with E-state index in [1.54, 1.807) is 43.9 Å². The number of fused-ring (bicyclic) bond motifs is 1. The zero-order valence-electron chi connectivity index (χ0n) is 40.3. The van der Waals surface area contributed by atoms with Crippen molar-refractivity contribution in [3.05, 3.63) is 108 Å². The zero-order chi connectivity index (χ0) is 49.5. The number of hydrogen-bond donors (Lipinski definition) is 2. The van der Waals surface area contributed by atoms with E-state index in [0.717, 1.165) is 16.7 Å². The number of nitrogens with two attached hydrogens (primary N) is 1. The smallest absolute Gasteiger partial charge is 0.259 e. The fourth-order valence-corrected chi connectivity index (χ4v) is 11.7. The number of imidazole rings is 1. The maximum absolute atomic E-state index is 12.9. The first-order valence-corrected chi connectivity index (χ1v) is 26.3. The van der Waals surface area contributed by atoms with Gasteiger partial charge in [-0.1, -0.05) is 68.4 Å². The number of hydrogen-bond acceptors (Lipinski definition) is 16. The van der Waals surface area contributed by atoms with Crippen LogP contribution in [0.1, 0.15) is 64.5 Å². The van der Waals surface area contributed by atoms with Crippen LogP contribution in [0, 0.1) is 5.92 Å². The van der Waals surface area contributed by atoms with Gasteiger partial charge >= 0.3 is 0 Å². The lowest BCUT2D eigenvalue weighted by atomic mass is 9.80. The summed E-state index contributed by atoms with van der Waals surface area (Å²) in [6.45, 7) is 12.5. The SMILES string of the molecule is COc1ccc(C(OC[C@H]2O[C@@H](n3cnc4c(NC(=O)C(C)C)ncnc43)C(OC(=S)N3CCS(=O)(=O)CC3)[C@@H]2OP(OCCN)N(C(C)C)C(C)C)(c2ccccc2)c2ccc(OC)cc2)cc1. The van der Waals surface area contributed by atoms with Crippen molar-refractivity contribution in [1.82, 2.24) is 29.1 Å². The summed E-state index contributed by atoms with van der Waals surface area (Å²) in [6, 6.07) is 25.3. The molecular weight excluding hydrogens is 944 g/mol. The maximum atomic E-state index is 12.9. The number of aromatic nitrogens is 4. The first-order valence-electron chi connectivity index (χ1n) is 23.0. The molecule has 7 rings (SSSR count). The molecule has 3 N–H and O–H groups in total. The van der Waals surface area contributed by atoms with Gasteiger partial charge in [-0.05, 0) is 80.9 Å². The van der Waals surface area contributed by atoms with Crippen LogP contribution >= 0.6 is 20.7 Å². The van der Waals surface area contributed by atoms with Crippen molar-refractivity contribution in [2.75, 3.05) is 63.9 Å². The van der Waals surface area contributed by atoms with Crippen LogP contribution in [-0.2, 0) is 43.5 Å². The van der Waals surface area contributed by atoms with Gasteiger partial charge in [0.2, 0.25) is 5.91 Å². The number of nitrogens with one attached hydrogen (secondary N) is 1. The lowest BCUT2D eigenvalue weighted by Gasteiger charge is -2.39. The Bertz CT molecular complexity index is 2540. The number of nitrogens with zero attached hydrogens (tertiary/aromatic N) is 6. The summed E-state index contributed by atoms with van der Waals surface area (Å²) in [7, 11) is -1.88. The monoisotopic (exact) mass is 1010 g/mol. The molecule has 2 saturated heterocycles. The Morgan fingerprint density at radius 2 is 1.48 bits per heavy atom. The van der Waals surface area contributed by atoms with E-state index in [1.165, 1.54) is 6.33 Å². The standard InChI is InChI=1S/C48H63N8O10PS2/c1-31(2)45(57)53-43-40-44(51-29-50-43)55(30-52-40)46-42(65-47(68)54-23-26-69(58,59)27-24-54)41(66-67(63-25-22-49)56(32(3)4)33(5)6)39(64-46)28-62-48(34-12-10-9-11-13-34,35-14-18-37(60-7)19-15-35)36-16-20-38(61-8)21-17-36/h9-21,29-33,39,41-42,46H,22-28,49H2,1-8H3,(H,50,51,53,57)/t39-,41-,42?,46-,67?/m1/s1. The highest BCUT2D eigenvalue weighted by Gasteiger charge is 2.53. The van der Waals surface area contributed by atoms with Crippen LogP contribution < -0.4 is 20.5 Å². The summed E-state index contributed by atoms with van der Waals surface area (Å²) in [6.07, 6.45) is -1.11. The second-order valence-corrected chi connectivity index (χ2v) is 21.6. The number of methoxy groups -OCH3 is 2. The summed E-state index contributed by atoms with van der Waals surface area (Å²) in [5, 5.41) is 2.94. The molecule has 0 aliphatic carbocycles. The van der Waals surface area contributed by atoms with Gasteiger partial charge < -0.3 is 48.7 Å². The normalized spacial score (nSPS) is 19.9. The molecule has 3 aromatic carbocycles. The minimum Gasteiger partial charge on any atom is -0.497 e. The van der Waals surface area contributed by atoms with E-state index < -0.39 is 48.5 Å². The Morgan fingerprint density at radius 3 is 2.03 bits per heavy atom. The van der Waals surface area contributed by atoms with E-state index in [-0.39, 0.29) is 79.3 Å². The summed E-state index contributed by atoms with van der Waals surface area (Å²) >= 11 is 6.02. The number of anilines is 1. The van der Waals surface area contributed by atoms with Gasteiger partial charge in [0.15, 0.2) is 39.2 Å². The fourth-order valence-electron chi connectivity index (χ4n) is 8.44. The Balaban J connectivity index is 1.40. The van der Waals surface area contributed by atoms with E-state index in [1.807, 2.05) is 78.9 Å². The molecule has 2 aromatic heterocycles. The molecule has 21 heteroatoms. The van der Waals surface area contributed by atoms with E-state index in [2.05, 4.69) is 47.7 Å². The summed E-state index contributed by atoms with van der Waals surface area (Å²) < 4.78 is 75.6. The summed E-state index contributed by atoms with van der Waals surface area (Å²) in [4.78, 5) is 28.4. The molecule has 18 nitrogen and oxygen atoms in total. The van der Waals surface area contributed by atoms with Crippen LogP contribution in [0.2, 0.25) is 0 Å². The number of ether oxygens (including phenoxy) is 5. The average molecular weight is 1010 g/mol. The Labute approximate surface area is 411 Å². The third-order valence-corrected chi connectivity index (χ3v) is 16.0. The highest BCUT2D eigenvalue weighted by Crippen LogP contribution is 2.51. The minimum absolute atomic E-state index is 0.0258. The van der Waals surface area contributed by atoms with Gasteiger partial charge in [0.05, 0.1) is 45.3 Å². The van der Waals surface area contributed by atoms with Gasteiger partial charge in [0, 0.05) is 37.6 Å². The summed E-state index contributed by atoms with van der Waals surface area (Å²) in [5.41, 5.74) is 7.89. The second-order valence-electron chi connectivity index (χ2n) is 17.6. The van der Waals surface area contributed by atoms with Crippen molar-refractivity contribution < 1.29 is 45.9 Å². The van der Waals surface area contributed by atoms with Crippen LogP contribution in [0.3, 0.4) is 0 Å². The van der Waals surface area contributed by atoms with Crippen molar-refractivity contribution in [1.29, 1.82) is 0 Å². The number of sulfone groups is 1. The molecule has 2 aliphatic heterocycles. The molecule has 0 spiro atoms. The molecule has 0 radical (unpaired) electrons. The van der Waals surface area contributed by atoms with E-state index >= 15 is 0 Å². The largest absolute Gasteiger partial charge is 0.497 e. The molecule has 5 aromatic rings. The minimum atomic E-state index is -3.26. The van der Waals surface area contributed by atoms with Crippen LogP contribution in [0.4, 0.5) is 5.82 Å². The highest BCUT2D eigenvalue weighted by atomic mass is 32.2. The van der Waals surface area contributed by atoms with Crippen LogP contribution in [0.5, 0.6) is 11.5 Å². The van der Waals surface area contributed by atoms with Crippen LogP contribution in [-0.4, -0.2) is 138 Å². The number of carbonyl (C=O) groups excluding carboxylic acids is 1. The molecule has 5 atom stereocenters. The molecule has 0 saturated carbocycles. The number of amides is 1. The summed E-state index contributed by atoms with van der Waals surface area (Å²) in [5.74, 6) is 0.816. The van der Waals surface area contributed by atoms with Gasteiger partial charge in [-0.2, -0.15) is 0 Å².